The summed E-state index contributed by atoms with van der Waals surface area (Å²) in [5, 5.41) is 0.0567. The SMILES string of the molecule is CCCC1(COC)CCCN1C(=O)C(C)SC. The smallest absolute Gasteiger partial charge is 0.235 e. The summed E-state index contributed by atoms with van der Waals surface area (Å²) >= 11 is 1.62. The maximum absolute atomic E-state index is 12.4. The standard InChI is InChI=1S/C13H25NO2S/c1-5-7-13(10-16-3)8-6-9-14(13)12(15)11(2)17-4/h11H,5-10H2,1-4H3. The minimum Gasteiger partial charge on any atom is -0.382 e. The summed E-state index contributed by atoms with van der Waals surface area (Å²) in [6.07, 6.45) is 6.34. The lowest BCUT2D eigenvalue weighted by atomic mass is 9.91. The van der Waals surface area contributed by atoms with E-state index in [1.165, 1.54) is 0 Å². The number of ether oxygens (including phenoxy) is 1. The van der Waals surface area contributed by atoms with E-state index in [1.54, 1.807) is 18.9 Å². The molecule has 100 valence electrons. The molecule has 0 aromatic heterocycles. The third-order valence-electron chi connectivity index (χ3n) is 3.69. The Morgan fingerprint density at radius 3 is 2.82 bits per heavy atom. The van der Waals surface area contributed by atoms with Crippen LogP contribution in [0.4, 0.5) is 0 Å². The Morgan fingerprint density at radius 1 is 1.59 bits per heavy atom. The molecule has 1 aliphatic heterocycles. The molecule has 1 saturated heterocycles. The number of carbonyl (C=O) groups excluding carboxylic acids is 1. The van der Waals surface area contributed by atoms with Gasteiger partial charge in [-0.1, -0.05) is 13.3 Å². The van der Waals surface area contributed by atoms with Crippen molar-refractivity contribution in [1.82, 2.24) is 4.90 Å². The second-order valence-corrected chi connectivity index (χ2v) is 6.06. The zero-order valence-corrected chi connectivity index (χ0v) is 12.3. The highest BCUT2D eigenvalue weighted by Crippen LogP contribution is 2.35. The monoisotopic (exact) mass is 259 g/mol. The quantitative estimate of drug-likeness (QED) is 0.734. The Hall–Kier alpha value is -0.220. The largest absolute Gasteiger partial charge is 0.382 e. The van der Waals surface area contributed by atoms with Crippen molar-refractivity contribution in [2.24, 2.45) is 0 Å². The van der Waals surface area contributed by atoms with Crippen molar-refractivity contribution in [2.75, 3.05) is 26.5 Å². The molecule has 0 saturated carbocycles. The van der Waals surface area contributed by atoms with Crippen LogP contribution in [0.3, 0.4) is 0 Å². The Balaban J connectivity index is 2.83. The number of methoxy groups -OCH3 is 1. The minimum absolute atomic E-state index is 0.0371. The van der Waals surface area contributed by atoms with Gasteiger partial charge in [-0.15, -0.1) is 0 Å². The molecule has 0 bridgehead atoms. The van der Waals surface area contributed by atoms with E-state index in [1.807, 2.05) is 13.2 Å². The fraction of sp³-hybridized carbons (Fsp3) is 0.923. The maximum Gasteiger partial charge on any atom is 0.235 e. The summed E-state index contributed by atoms with van der Waals surface area (Å²) < 4.78 is 5.37. The van der Waals surface area contributed by atoms with E-state index >= 15 is 0 Å². The fourth-order valence-electron chi connectivity index (χ4n) is 2.82. The summed E-state index contributed by atoms with van der Waals surface area (Å²) in [4.78, 5) is 14.5. The van der Waals surface area contributed by atoms with Crippen LogP contribution >= 0.6 is 11.8 Å². The average Bonchev–Trinajstić information content (AvgIpc) is 2.72. The highest BCUT2D eigenvalue weighted by molar-refractivity contribution is 7.99. The molecule has 0 aromatic carbocycles. The lowest BCUT2D eigenvalue weighted by Gasteiger charge is -2.39. The van der Waals surface area contributed by atoms with Crippen LogP contribution in [-0.2, 0) is 9.53 Å². The number of thioether (sulfide) groups is 1. The molecule has 17 heavy (non-hydrogen) atoms. The topological polar surface area (TPSA) is 29.5 Å². The fourth-order valence-corrected chi connectivity index (χ4v) is 3.15. The lowest BCUT2D eigenvalue weighted by molar-refractivity contribution is -0.136. The Labute approximate surface area is 109 Å². The van der Waals surface area contributed by atoms with Crippen LogP contribution < -0.4 is 0 Å². The van der Waals surface area contributed by atoms with Crippen LogP contribution in [0.2, 0.25) is 0 Å². The molecule has 1 fully saturated rings. The van der Waals surface area contributed by atoms with Crippen LogP contribution in [0.15, 0.2) is 0 Å². The predicted octanol–water partition coefficient (Wildman–Crippen LogP) is 2.55. The van der Waals surface area contributed by atoms with Crippen molar-refractivity contribution in [3.05, 3.63) is 0 Å². The molecule has 4 heteroatoms. The van der Waals surface area contributed by atoms with Crippen LogP contribution in [0.25, 0.3) is 0 Å². The van der Waals surface area contributed by atoms with Crippen LogP contribution in [-0.4, -0.2) is 48.1 Å². The number of likely N-dealkylation sites (tertiary alicyclic amines) is 1. The number of carbonyl (C=O) groups is 1. The summed E-state index contributed by atoms with van der Waals surface area (Å²) in [6, 6.07) is 0. The summed E-state index contributed by atoms with van der Waals surface area (Å²) in [6.45, 7) is 5.74. The molecule has 2 unspecified atom stereocenters. The average molecular weight is 259 g/mol. The van der Waals surface area contributed by atoms with Gasteiger partial charge in [0.15, 0.2) is 0 Å². The van der Waals surface area contributed by atoms with Crippen molar-refractivity contribution in [3.8, 4) is 0 Å². The first-order chi connectivity index (χ1) is 8.11. The molecule has 2 atom stereocenters. The van der Waals surface area contributed by atoms with Gasteiger partial charge in [-0.2, -0.15) is 11.8 Å². The number of rotatable bonds is 6. The van der Waals surface area contributed by atoms with Crippen molar-refractivity contribution in [2.45, 2.75) is 50.3 Å². The van der Waals surface area contributed by atoms with E-state index in [2.05, 4.69) is 11.8 Å². The zero-order chi connectivity index (χ0) is 12.9. The van der Waals surface area contributed by atoms with E-state index < -0.39 is 0 Å². The molecule has 1 heterocycles. The molecule has 0 N–H and O–H groups in total. The minimum atomic E-state index is -0.0371. The molecule has 0 aliphatic carbocycles. The first-order valence-electron chi connectivity index (χ1n) is 6.44. The van der Waals surface area contributed by atoms with Gasteiger partial charge in [0.2, 0.25) is 5.91 Å². The van der Waals surface area contributed by atoms with Gasteiger partial charge in [0, 0.05) is 13.7 Å². The molecular formula is C13H25NO2S. The van der Waals surface area contributed by atoms with Crippen molar-refractivity contribution >= 4 is 17.7 Å². The van der Waals surface area contributed by atoms with Gasteiger partial charge in [0.25, 0.3) is 0 Å². The van der Waals surface area contributed by atoms with E-state index in [9.17, 15) is 4.79 Å². The lowest BCUT2D eigenvalue weighted by Crippen LogP contribution is -2.52. The number of amides is 1. The molecule has 0 aromatic rings. The van der Waals surface area contributed by atoms with E-state index in [0.29, 0.717) is 6.61 Å². The van der Waals surface area contributed by atoms with E-state index in [4.69, 9.17) is 4.74 Å². The summed E-state index contributed by atoms with van der Waals surface area (Å²) in [7, 11) is 1.73. The summed E-state index contributed by atoms with van der Waals surface area (Å²) in [5.41, 5.74) is -0.0371. The molecule has 1 aliphatic rings. The van der Waals surface area contributed by atoms with Gasteiger partial charge >= 0.3 is 0 Å². The number of hydrogen-bond donors (Lipinski definition) is 0. The first kappa shape index (κ1) is 14.8. The molecular weight excluding hydrogens is 234 g/mol. The normalized spacial score (nSPS) is 26.2. The van der Waals surface area contributed by atoms with Gasteiger partial charge < -0.3 is 9.64 Å². The molecule has 1 amide bonds. The third kappa shape index (κ3) is 3.16. The van der Waals surface area contributed by atoms with E-state index in [0.717, 1.165) is 32.2 Å². The van der Waals surface area contributed by atoms with Gasteiger partial charge in [-0.25, -0.2) is 0 Å². The molecule has 0 spiro atoms. The van der Waals surface area contributed by atoms with Crippen molar-refractivity contribution < 1.29 is 9.53 Å². The van der Waals surface area contributed by atoms with Crippen LogP contribution in [0.1, 0.15) is 39.5 Å². The first-order valence-corrected chi connectivity index (χ1v) is 7.73. The molecule has 1 rings (SSSR count). The maximum atomic E-state index is 12.4. The number of hydrogen-bond acceptors (Lipinski definition) is 3. The van der Waals surface area contributed by atoms with Gasteiger partial charge in [-0.05, 0) is 32.4 Å². The van der Waals surface area contributed by atoms with Crippen LogP contribution in [0, 0.1) is 0 Å². The predicted molar refractivity (Wildman–Crippen MR) is 73.4 cm³/mol. The third-order valence-corrected chi connectivity index (χ3v) is 4.60. The van der Waals surface area contributed by atoms with Crippen molar-refractivity contribution in [3.63, 3.8) is 0 Å². The van der Waals surface area contributed by atoms with Gasteiger partial charge in [-0.3, -0.25) is 4.79 Å². The zero-order valence-electron chi connectivity index (χ0n) is 11.5. The molecule has 3 nitrogen and oxygen atoms in total. The van der Waals surface area contributed by atoms with Gasteiger partial charge in [0.05, 0.1) is 17.4 Å². The second-order valence-electron chi connectivity index (χ2n) is 4.88. The Bertz CT molecular complexity index is 252. The summed E-state index contributed by atoms with van der Waals surface area (Å²) in [5.74, 6) is 0.278. The van der Waals surface area contributed by atoms with Gasteiger partial charge in [0.1, 0.15) is 0 Å². The highest BCUT2D eigenvalue weighted by Gasteiger charge is 2.43. The highest BCUT2D eigenvalue weighted by atomic mass is 32.2. The Kier molecular flexibility index (Phi) is 5.80. The van der Waals surface area contributed by atoms with E-state index in [-0.39, 0.29) is 16.7 Å². The molecule has 0 radical (unpaired) electrons. The second kappa shape index (κ2) is 6.64. The van der Waals surface area contributed by atoms with Crippen LogP contribution in [0.5, 0.6) is 0 Å². The van der Waals surface area contributed by atoms with Crippen molar-refractivity contribution in [1.29, 1.82) is 0 Å². The number of nitrogens with zero attached hydrogens (tertiary/aromatic N) is 1. The Morgan fingerprint density at radius 2 is 2.29 bits per heavy atom.